The molecule has 0 fully saturated rings. The number of hydrogen-bond donors (Lipinski definition) is 1. The molecule has 0 saturated heterocycles. The molecule has 0 heterocycles. The Morgan fingerprint density at radius 3 is 2.10 bits per heavy atom. The van der Waals surface area contributed by atoms with E-state index in [1.807, 2.05) is 0 Å². The Bertz CT molecular complexity index is 345. The summed E-state index contributed by atoms with van der Waals surface area (Å²) in [5.41, 5.74) is 2.88. The minimum atomic E-state index is 0.524. The summed E-state index contributed by atoms with van der Waals surface area (Å²) in [4.78, 5) is 0. The van der Waals surface area contributed by atoms with Gasteiger partial charge in [0.15, 0.2) is 0 Å². The molecule has 0 saturated carbocycles. The van der Waals surface area contributed by atoms with Crippen LogP contribution in [0.15, 0.2) is 24.3 Å². The summed E-state index contributed by atoms with van der Waals surface area (Å²) in [6.07, 6.45) is 12.4. The predicted octanol–water partition coefficient (Wildman–Crippen LogP) is 5.79. The molecule has 1 nitrogen and oxygen atoms in total. The van der Waals surface area contributed by atoms with Crippen molar-refractivity contribution < 1.29 is 0 Å². The molecule has 0 bridgehead atoms. The zero-order valence-corrected chi connectivity index (χ0v) is 13.8. The highest BCUT2D eigenvalue weighted by molar-refractivity contribution is 5.28. The molecule has 0 aliphatic carbocycles. The molecule has 1 heteroatoms. The van der Waals surface area contributed by atoms with Crippen molar-refractivity contribution in [1.29, 1.82) is 0 Å². The van der Waals surface area contributed by atoms with Gasteiger partial charge in [0.05, 0.1) is 0 Å². The second-order valence-corrected chi connectivity index (χ2v) is 5.96. The van der Waals surface area contributed by atoms with Crippen LogP contribution in [0.25, 0.3) is 0 Å². The van der Waals surface area contributed by atoms with E-state index < -0.39 is 0 Å². The van der Waals surface area contributed by atoms with Gasteiger partial charge in [-0.3, -0.25) is 0 Å². The summed E-state index contributed by atoms with van der Waals surface area (Å²) in [5.74, 6) is 0. The number of nitrogens with one attached hydrogen (secondary N) is 1. The molecule has 1 N–H and O–H groups in total. The highest BCUT2D eigenvalue weighted by Crippen LogP contribution is 2.23. The first kappa shape index (κ1) is 17.2. The summed E-state index contributed by atoms with van der Waals surface area (Å²) >= 11 is 0. The lowest BCUT2D eigenvalue weighted by atomic mass is 9.96. The fourth-order valence-corrected chi connectivity index (χ4v) is 2.92. The maximum absolute atomic E-state index is 3.48. The normalized spacial score (nSPS) is 12.6. The van der Waals surface area contributed by atoms with E-state index in [-0.39, 0.29) is 0 Å². The molecule has 114 valence electrons. The molecule has 0 aromatic heterocycles. The van der Waals surface area contributed by atoms with Crippen molar-refractivity contribution in [3.05, 3.63) is 35.4 Å². The van der Waals surface area contributed by atoms with E-state index in [9.17, 15) is 0 Å². The van der Waals surface area contributed by atoms with Crippen molar-refractivity contribution in [1.82, 2.24) is 5.32 Å². The molecule has 20 heavy (non-hydrogen) atoms. The van der Waals surface area contributed by atoms with Crippen LogP contribution in [0, 0.1) is 6.92 Å². The van der Waals surface area contributed by atoms with Crippen molar-refractivity contribution in [2.24, 2.45) is 0 Å². The average Bonchev–Trinajstić information content (AvgIpc) is 2.47. The van der Waals surface area contributed by atoms with Gasteiger partial charge >= 0.3 is 0 Å². The third kappa shape index (κ3) is 6.56. The van der Waals surface area contributed by atoms with E-state index >= 15 is 0 Å². The summed E-state index contributed by atoms with van der Waals surface area (Å²) in [6.45, 7) is 4.50. The molecule has 0 aliphatic rings. The lowest BCUT2D eigenvalue weighted by Gasteiger charge is -2.18. The molecule has 1 aromatic carbocycles. The lowest BCUT2D eigenvalue weighted by molar-refractivity contribution is 0.493. The summed E-state index contributed by atoms with van der Waals surface area (Å²) in [6, 6.07) is 9.29. The summed E-state index contributed by atoms with van der Waals surface area (Å²) in [7, 11) is 2.09. The predicted molar refractivity (Wildman–Crippen MR) is 90.2 cm³/mol. The Kier molecular flexibility index (Phi) is 9.40. The third-order valence-corrected chi connectivity index (χ3v) is 4.26. The van der Waals surface area contributed by atoms with Crippen LogP contribution in [0.3, 0.4) is 0 Å². The molecular weight excluding hydrogens is 242 g/mol. The van der Waals surface area contributed by atoms with Crippen molar-refractivity contribution in [2.75, 3.05) is 7.05 Å². The molecule has 0 aliphatic heterocycles. The minimum Gasteiger partial charge on any atom is -0.313 e. The first-order valence-electron chi connectivity index (χ1n) is 8.52. The second kappa shape index (κ2) is 10.9. The van der Waals surface area contributed by atoms with Crippen LogP contribution < -0.4 is 5.32 Å². The van der Waals surface area contributed by atoms with Crippen LogP contribution in [0.2, 0.25) is 0 Å². The van der Waals surface area contributed by atoms with Gasteiger partial charge in [0.2, 0.25) is 0 Å². The van der Waals surface area contributed by atoms with Gasteiger partial charge in [-0.15, -0.1) is 0 Å². The van der Waals surface area contributed by atoms with Crippen molar-refractivity contribution >= 4 is 0 Å². The average molecular weight is 275 g/mol. The Morgan fingerprint density at radius 2 is 1.50 bits per heavy atom. The molecule has 0 radical (unpaired) electrons. The van der Waals surface area contributed by atoms with E-state index in [0.29, 0.717) is 6.04 Å². The van der Waals surface area contributed by atoms with E-state index in [1.54, 1.807) is 0 Å². The van der Waals surface area contributed by atoms with Crippen molar-refractivity contribution in [2.45, 2.75) is 77.7 Å². The van der Waals surface area contributed by atoms with Crippen LogP contribution in [-0.2, 0) is 0 Å². The lowest BCUT2D eigenvalue weighted by Crippen LogP contribution is -2.17. The fraction of sp³-hybridized carbons (Fsp3) is 0.684. The Balaban J connectivity index is 2.18. The molecule has 1 unspecified atom stereocenters. The highest BCUT2D eigenvalue weighted by atomic mass is 14.9. The molecule has 1 rings (SSSR count). The topological polar surface area (TPSA) is 12.0 Å². The van der Waals surface area contributed by atoms with Gasteiger partial charge in [0.1, 0.15) is 0 Å². The zero-order chi connectivity index (χ0) is 14.6. The maximum atomic E-state index is 3.48. The number of benzene rings is 1. The number of rotatable bonds is 11. The first-order chi connectivity index (χ1) is 9.79. The number of unbranched alkanes of at least 4 members (excludes halogenated alkanes) is 7. The molecule has 1 atom stereocenters. The van der Waals surface area contributed by atoms with Crippen molar-refractivity contribution in [3.63, 3.8) is 0 Å². The number of aryl methyl sites for hydroxylation is 1. The van der Waals surface area contributed by atoms with Gasteiger partial charge in [-0.25, -0.2) is 0 Å². The minimum absolute atomic E-state index is 0.524. The van der Waals surface area contributed by atoms with Gasteiger partial charge in [-0.2, -0.15) is 0 Å². The second-order valence-electron chi connectivity index (χ2n) is 5.96. The Morgan fingerprint density at radius 1 is 0.900 bits per heavy atom. The van der Waals surface area contributed by atoms with Gasteiger partial charge in [-0.05, 0) is 31.5 Å². The van der Waals surface area contributed by atoms with E-state index in [1.165, 1.54) is 68.9 Å². The van der Waals surface area contributed by atoms with E-state index in [2.05, 4.69) is 50.5 Å². The molecule has 0 spiro atoms. The van der Waals surface area contributed by atoms with Crippen LogP contribution in [0.4, 0.5) is 0 Å². The maximum Gasteiger partial charge on any atom is 0.0320 e. The quantitative estimate of drug-likeness (QED) is 0.504. The monoisotopic (exact) mass is 275 g/mol. The van der Waals surface area contributed by atoms with E-state index in [4.69, 9.17) is 0 Å². The van der Waals surface area contributed by atoms with Gasteiger partial charge in [0.25, 0.3) is 0 Å². The standard InChI is InChI=1S/C19H33N/c1-4-5-6-7-8-9-10-11-16-19(20-3)18-15-13-12-14-17(18)2/h12-15,19-20H,4-11,16H2,1-3H3. The van der Waals surface area contributed by atoms with Crippen LogP contribution in [0.1, 0.15) is 81.9 Å². The van der Waals surface area contributed by atoms with Crippen LogP contribution >= 0.6 is 0 Å². The Labute approximate surface area is 126 Å². The highest BCUT2D eigenvalue weighted by Gasteiger charge is 2.10. The third-order valence-electron chi connectivity index (χ3n) is 4.26. The van der Waals surface area contributed by atoms with Crippen LogP contribution in [0.5, 0.6) is 0 Å². The Hall–Kier alpha value is -0.820. The van der Waals surface area contributed by atoms with E-state index in [0.717, 1.165) is 0 Å². The summed E-state index contributed by atoms with van der Waals surface area (Å²) in [5, 5.41) is 3.48. The largest absolute Gasteiger partial charge is 0.313 e. The van der Waals surface area contributed by atoms with Gasteiger partial charge in [-0.1, -0.05) is 82.6 Å². The first-order valence-corrected chi connectivity index (χ1v) is 8.52. The summed E-state index contributed by atoms with van der Waals surface area (Å²) < 4.78 is 0. The zero-order valence-electron chi connectivity index (χ0n) is 13.8. The number of hydrogen-bond acceptors (Lipinski definition) is 1. The van der Waals surface area contributed by atoms with Crippen molar-refractivity contribution in [3.8, 4) is 0 Å². The fourth-order valence-electron chi connectivity index (χ4n) is 2.92. The SMILES string of the molecule is CCCCCCCCCCC(NC)c1ccccc1C. The van der Waals surface area contributed by atoms with Gasteiger partial charge < -0.3 is 5.32 Å². The van der Waals surface area contributed by atoms with Gasteiger partial charge in [0, 0.05) is 6.04 Å². The molecular formula is C19H33N. The molecule has 0 amide bonds. The van der Waals surface area contributed by atoms with Crippen LogP contribution in [-0.4, -0.2) is 7.05 Å². The molecule has 1 aromatic rings. The smallest absolute Gasteiger partial charge is 0.0320 e.